The molecule has 0 N–H and O–H groups in total. The highest BCUT2D eigenvalue weighted by Gasteiger charge is 2.12. The van der Waals surface area contributed by atoms with Gasteiger partial charge in [0.1, 0.15) is 0 Å². The van der Waals surface area contributed by atoms with Crippen LogP contribution in [0.4, 0.5) is 0 Å². The first-order valence-corrected chi connectivity index (χ1v) is 7.14. The summed E-state index contributed by atoms with van der Waals surface area (Å²) in [4.78, 5) is 15.0. The highest BCUT2D eigenvalue weighted by Crippen LogP contribution is 2.11. The molecular formula is C11H16BrNOS. The summed E-state index contributed by atoms with van der Waals surface area (Å²) in [7, 11) is 0. The Hall–Kier alpha value is -0.350. The van der Waals surface area contributed by atoms with E-state index in [9.17, 15) is 4.79 Å². The normalized spacial score (nSPS) is 10.3. The lowest BCUT2D eigenvalue weighted by molar-refractivity contribution is -0.130. The second-order valence-electron chi connectivity index (χ2n) is 3.33. The van der Waals surface area contributed by atoms with Crippen LogP contribution in [0, 0.1) is 0 Å². The molecular weight excluding hydrogens is 274 g/mol. The first-order valence-electron chi connectivity index (χ1n) is 5.14. The van der Waals surface area contributed by atoms with Gasteiger partial charge in [-0.3, -0.25) is 4.79 Å². The van der Waals surface area contributed by atoms with Gasteiger partial charge < -0.3 is 4.90 Å². The molecule has 1 rings (SSSR count). The Kier molecular flexibility index (Phi) is 5.95. The average Bonchev–Trinajstić information content (AvgIpc) is 2.70. The molecule has 0 unspecified atom stereocenters. The molecule has 0 spiro atoms. The molecule has 0 radical (unpaired) electrons. The van der Waals surface area contributed by atoms with Gasteiger partial charge in [-0.2, -0.15) is 0 Å². The molecule has 0 bridgehead atoms. The van der Waals surface area contributed by atoms with E-state index in [1.54, 1.807) is 11.3 Å². The summed E-state index contributed by atoms with van der Waals surface area (Å²) < 4.78 is 0. The molecule has 0 saturated heterocycles. The highest BCUT2D eigenvalue weighted by atomic mass is 79.9. The van der Waals surface area contributed by atoms with Crippen LogP contribution in [0.3, 0.4) is 0 Å². The Morgan fingerprint density at radius 2 is 2.33 bits per heavy atom. The largest absolute Gasteiger partial charge is 0.342 e. The summed E-state index contributed by atoms with van der Waals surface area (Å²) in [5.74, 6) is 0.235. The molecule has 4 heteroatoms. The zero-order valence-electron chi connectivity index (χ0n) is 8.91. The van der Waals surface area contributed by atoms with E-state index in [0.717, 1.165) is 29.7 Å². The van der Waals surface area contributed by atoms with Crippen molar-refractivity contribution in [2.24, 2.45) is 0 Å². The number of carbonyl (C=O) groups is 1. The van der Waals surface area contributed by atoms with Crippen LogP contribution < -0.4 is 0 Å². The predicted octanol–water partition coefficient (Wildman–Crippen LogP) is 2.92. The van der Waals surface area contributed by atoms with Gasteiger partial charge in [-0.15, -0.1) is 11.3 Å². The lowest BCUT2D eigenvalue weighted by atomic mass is 10.3. The van der Waals surface area contributed by atoms with Crippen molar-refractivity contribution in [3.05, 3.63) is 22.4 Å². The summed E-state index contributed by atoms with van der Waals surface area (Å²) in [6.07, 6.45) is 1.56. The molecule has 15 heavy (non-hydrogen) atoms. The second kappa shape index (κ2) is 7.01. The van der Waals surface area contributed by atoms with Crippen LogP contribution in [-0.4, -0.2) is 29.2 Å². The fourth-order valence-corrected chi connectivity index (χ4v) is 2.53. The number of nitrogens with zero attached hydrogens (tertiary/aromatic N) is 1. The Morgan fingerprint density at radius 3 is 2.87 bits per heavy atom. The number of thiophene rings is 1. The molecule has 0 aliphatic rings. The van der Waals surface area contributed by atoms with Gasteiger partial charge in [0.05, 0.1) is 6.42 Å². The van der Waals surface area contributed by atoms with Crippen molar-refractivity contribution in [3.63, 3.8) is 0 Å². The molecule has 0 aliphatic carbocycles. The molecule has 1 aromatic heterocycles. The van der Waals surface area contributed by atoms with Crippen LogP contribution in [0.2, 0.25) is 0 Å². The first-order chi connectivity index (χ1) is 7.27. The topological polar surface area (TPSA) is 20.3 Å². The Labute approximate surface area is 103 Å². The van der Waals surface area contributed by atoms with Gasteiger partial charge in [0.15, 0.2) is 0 Å². The number of carbonyl (C=O) groups excluding carboxylic acids is 1. The Morgan fingerprint density at radius 1 is 1.53 bits per heavy atom. The summed E-state index contributed by atoms with van der Waals surface area (Å²) in [6, 6.07) is 4.00. The maximum atomic E-state index is 11.9. The minimum absolute atomic E-state index is 0.235. The number of amides is 1. The summed E-state index contributed by atoms with van der Waals surface area (Å²) in [5, 5.41) is 2.86. The minimum Gasteiger partial charge on any atom is -0.342 e. The number of rotatable bonds is 6. The van der Waals surface area contributed by atoms with Crippen molar-refractivity contribution in [1.29, 1.82) is 0 Å². The monoisotopic (exact) mass is 289 g/mol. The predicted molar refractivity (Wildman–Crippen MR) is 68.7 cm³/mol. The minimum atomic E-state index is 0.235. The molecule has 2 nitrogen and oxygen atoms in total. The van der Waals surface area contributed by atoms with Crippen LogP contribution in [0.5, 0.6) is 0 Å². The molecule has 0 aliphatic heterocycles. The quantitative estimate of drug-likeness (QED) is 0.738. The van der Waals surface area contributed by atoms with Gasteiger partial charge in [0, 0.05) is 23.3 Å². The van der Waals surface area contributed by atoms with Gasteiger partial charge in [-0.25, -0.2) is 0 Å². The van der Waals surface area contributed by atoms with E-state index >= 15 is 0 Å². The smallest absolute Gasteiger partial charge is 0.227 e. The third-order valence-electron chi connectivity index (χ3n) is 2.11. The second-order valence-corrected chi connectivity index (χ2v) is 5.15. The van der Waals surface area contributed by atoms with Gasteiger partial charge >= 0.3 is 0 Å². The zero-order chi connectivity index (χ0) is 11.1. The van der Waals surface area contributed by atoms with E-state index in [2.05, 4.69) is 22.9 Å². The summed E-state index contributed by atoms with van der Waals surface area (Å²) in [6.45, 7) is 3.76. The zero-order valence-corrected chi connectivity index (χ0v) is 11.3. The molecule has 0 fully saturated rings. The van der Waals surface area contributed by atoms with Gasteiger partial charge in [0.25, 0.3) is 0 Å². The van der Waals surface area contributed by atoms with Gasteiger partial charge in [-0.05, 0) is 17.9 Å². The van der Waals surface area contributed by atoms with E-state index in [1.165, 1.54) is 0 Å². The van der Waals surface area contributed by atoms with E-state index in [-0.39, 0.29) is 5.91 Å². The van der Waals surface area contributed by atoms with Crippen molar-refractivity contribution in [3.8, 4) is 0 Å². The maximum Gasteiger partial charge on any atom is 0.227 e. The maximum absolute atomic E-state index is 11.9. The van der Waals surface area contributed by atoms with Crippen molar-refractivity contribution in [2.75, 3.05) is 18.4 Å². The van der Waals surface area contributed by atoms with Crippen LogP contribution in [0.1, 0.15) is 18.2 Å². The van der Waals surface area contributed by atoms with Crippen molar-refractivity contribution in [2.45, 2.75) is 19.8 Å². The standard InChI is InChI=1S/C11H16BrNOS/c1-2-6-13(7-5-12)11(14)9-10-4-3-8-15-10/h3-4,8H,2,5-7,9H2,1H3. The number of alkyl halides is 1. The van der Waals surface area contributed by atoms with Crippen molar-refractivity contribution >= 4 is 33.2 Å². The fraction of sp³-hybridized carbons (Fsp3) is 0.545. The lowest BCUT2D eigenvalue weighted by Gasteiger charge is -2.20. The van der Waals surface area contributed by atoms with Crippen LogP contribution in [-0.2, 0) is 11.2 Å². The molecule has 0 saturated carbocycles. The van der Waals surface area contributed by atoms with Crippen LogP contribution in [0.15, 0.2) is 17.5 Å². The third-order valence-corrected chi connectivity index (χ3v) is 3.34. The number of halogens is 1. The number of hydrogen-bond donors (Lipinski definition) is 0. The molecule has 1 aromatic rings. The van der Waals surface area contributed by atoms with E-state index in [1.807, 2.05) is 22.4 Å². The molecule has 1 amide bonds. The molecule has 0 aromatic carbocycles. The van der Waals surface area contributed by atoms with Crippen molar-refractivity contribution in [1.82, 2.24) is 4.90 Å². The third kappa shape index (κ3) is 4.34. The fourth-order valence-electron chi connectivity index (χ4n) is 1.41. The number of hydrogen-bond acceptors (Lipinski definition) is 2. The van der Waals surface area contributed by atoms with E-state index < -0.39 is 0 Å². The summed E-state index contributed by atoms with van der Waals surface area (Å²) >= 11 is 5.02. The van der Waals surface area contributed by atoms with Crippen LogP contribution in [0.25, 0.3) is 0 Å². The van der Waals surface area contributed by atoms with Crippen molar-refractivity contribution < 1.29 is 4.79 Å². The Balaban J connectivity index is 2.48. The first kappa shape index (κ1) is 12.7. The molecule has 84 valence electrons. The summed E-state index contributed by atoms with van der Waals surface area (Å²) in [5.41, 5.74) is 0. The van der Waals surface area contributed by atoms with Gasteiger partial charge in [0.2, 0.25) is 5.91 Å². The highest BCUT2D eigenvalue weighted by molar-refractivity contribution is 9.09. The SMILES string of the molecule is CCCN(CCBr)C(=O)Cc1cccs1. The lowest BCUT2D eigenvalue weighted by Crippen LogP contribution is -2.34. The van der Waals surface area contributed by atoms with E-state index in [4.69, 9.17) is 0 Å². The molecule has 1 heterocycles. The Bertz CT molecular complexity index is 281. The van der Waals surface area contributed by atoms with E-state index in [0.29, 0.717) is 6.42 Å². The average molecular weight is 290 g/mol. The van der Waals surface area contributed by atoms with Crippen LogP contribution >= 0.6 is 27.3 Å². The molecule has 0 atom stereocenters. The van der Waals surface area contributed by atoms with Gasteiger partial charge in [-0.1, -0.05) is 28.9 Å².